The molecule has 1 rings (SSSR count). The van der Waals surface area contributed by atoms with Crippen LogP contribution in [0.3, 0.4) is 0 Å². The molecule has 94 valence electrons. The van der Waals surface area contributed by atoms with Gasteiger partial charge in [-0.15, -0.1) is 0 Å². The van der Waals surface area contributed by atoms with Gasteiger partial charge < -0.3 is 14.7 Å². The molecule has 0 aromatic heterocycles. The fourth-order valence-corrected chi connectivity index (χ4v) is 1.85. The van der Waals surface area contributed by atoms with Gasteiger partial charge in [0.05, 0.1) is 18.8 Å². The lowest BCUT2D eigenvalue weighted by Crippen LogP contribution is -2.51. The molecule has 4 nitrogen and oxygen atoms in total. The first-order chi connectivity index (χ1) is 7.41. The number of carbonyl (C=O) groups is 1. The van der Waals surface area contributed by atoms with E-state index in [1.807, 2.05) is 13.8 Å². The minimum absolute atomic E-state index is 0.0118. The molecule has 0 spiro atoms. The standard InChI is InChI=1S/C11H20FNO3/c1-7(2)16-10-4-5-13(6-9(10)12)11(15)8(3)14/h7-10,14H,4-6H2,1-3H3/t8-,9+,10+/m0/s1. The van der Waals surface area contributed by atoms with Crippen molar-refractivity contribution < 1.29 is 19.0 Å². The van der Waals surface area contributed by atoms with Gasteiger partial charge in [0.15, 0.2) is 0 Å². The van der Waals surface area contributed by atoms with Crippen molar-refractivity contribution in [2.45, 2.75) is 51.7 Å². The van der Waals surface area contributed by atoms with Crippen LogP contribution in [-0.4, -0.2) is 53.5 Å². The Morgan fingerprint density at radius 3 is 2.56 bits per heavy atom. The van der Waals surface area contributed by atoms with Crippen molar-refractivity contribution in [2.75, 3.05) is 13.1 Å². The highest BCUT2D eigenvalue weighted by Crippen LogP contribution is 2.19. The minimum Gasteiger partial charge on any atom is -0.384 e. The average Bonchev–Trinajstić information content (AvgIpc) is 2.19. The van der Waals surface area contributed by atoms with Crippen molar-refractivity contribution in [3.8, 4) is 0 Å². The third-order valence-corrected chi connectivity index (χ3v) is 2.60. The zero-order valence-electron chi connectivity index (χ0n) is 10.0. The molecule has 0 unspecified atom stereocenters. The number of likely N-dealkylation sites (tertiary alicyclic amines) is 1. The molecule has 1 heterocycles. The van der Waals surface area contributed by atoms with Gasteiger partial charge >= 0.3 is 0 Å². The lowest BCUT2D eigenvalue weighted by atomic mass is 10.1. The number of hydrogen-bond acceptors (Lipinski definition) is 3. The maximum atomic E-state index is 13.7. The van der Waals surface area contributed by atoms with Crippen LogP contribution in [0.2, 0.25) is 0 Å². The largest absolute Gasteiger partial charge is 0.384 e. The Labute approximate surface area is 95.4 Å². The van der Waals surface area contributed by atoms with E-state index < -0.39 is 24.3 Å². The molecule has 1 N–H and O–H groups in total. The summed E-state index contributed by atoms with van der Waals surface area (Å²) in [6, 6.07) is 0. The van der Waals surface area contributed by atoms with Gasteiger partial charge in [-0.25, -0.2) is 4.39 Å². The highest BCUT2D eigenvalue weighted by atomic mass is 19.1. The third-order valence-electron chi connectivity index (χ3n) is 2.60. The molecule has 0 aromatic rings. The molecule has 1 fully saturated rings. The summed E-state index contributed by atoms with van der Waals surface area (Å²) in [7, 11) is 0. The summed E-state index contributed by atoms with van der Waals surface area (Å²) in [5.41, 5.74) is 0. The van der Waals surface area contributed by atoms with Gasteiger partial charge in [-0.3, -0.25) is 4.79 Å². The molecule has 0 bridgehead atoms. The van der Waals surface area contributed by atoms with Crippen LogP contribution in [0.15, 0.2) is 0 Å². The number of hydrogen-bond donors (Lipinski definition) is 1. The second-order valence-corrected chi connectivity index (χ2v) is 4.49. The highest BCUT2D eigenvalue weighted by molar-refractivity contribution is 5.80. The SMILES string of the molecule is CC(C)O[C@@H]1CCN(C(=O)[C@H](C)O)C[C@H]1F. The van der Waals surface area contributed by atoms with Crippen LogP contribution in [-0.2, 0) is 9.53 Å². The Bertz CT molecular complexity index is 245. The molecule has 0 aliphatic carbocycles. The molecule has 5 heteroatoms. The molecule has 0 radical (unpaired) electrons. The van der Waals surface area contributed by atoms with Crippen molar-refractivity contribution in [3.05, 3.63) is 0 Å². The minimum atomic E-state index is -1.17. The Morgan fingerprint density at radius 1 is 1.50 bits per heavy atom. The molecule has 0 saturated carbocycles. The third kappa shape index (κ3) is 3.42. The normalized spacial score (nSPS) is 28.2. The summed E-state index contributed by atoms with van der Waals surface area (Å²) in [6.45, 7) is 5.58. The van der Waals surface area contributed by atoms with E-state index in [1.165, 1.54) is 11.8 Å². The summed E-state index contributed by atoms with van der Waals surface area (Å²) in [4.78, 5) is 12.8. The van der Waals surface area contributed by atoms with E-state index in [-0.39, 0.29) is 12.6 Å². The second-order valence-electron chi connectivity index (χ2n) is 4.49. The average molecular weight is 233 g/mol. The van der Waals surface area contributed by atoms with Gasteiger partial charge in [0.1, 0.15) is 12.3 Å². The fraction of sp³-hybridized carbons (Fsp3) is 0.909. The number of rotatable bonds is 3. The van der Waals surface area contributed by atoms with Crippen molar-refractivity contribution in [1.82, 2.24) is 4.90 Å². The maximum absolute atomic E-state index is 13.7. The molecule has 1 aliphatic heterocycles. The molecule has 1 aliphatic rings. The van der Waals surface area contributed by atoms with E-state index in [9.17, 15) is 9.18 Å². The number of piperidine rings is 1. The topological polar surface area (TPSA) is 49.8 Å². The van der Waals surface area contributed by atoms with E-state index in [1.54, 1.807) is 0 Å². The molecule has 1 amide bonds. The van der Waals surface area contributed by atoms with Gasteiger partial charge in [0.25, 0.3) is 5.91 Å². The summed E-state index contributed by atoms with van der Waals surface area (Å²) in [5, 5.41) is 9.13. The number of amides is 1. The van der Waals surface area contributed by atoms with Gasteiger partial charge in [-0.2, -0.15) is 0 Å². The molecular formula is C11H20FNO3. The predicted molar refractivity (Wildman–Crippen MR) is 57.8 cm³/mol. The molecule has 3 atom stereocenters. The van der Waals surface area contributed by atoms with Gasteiger partial charge in [-0.1, -0.05) is 0 Å². The number of carbonyl (C=O) groups excluding carboxylic acids is 1. The molecule has 0 aromatic carbocycles. The number of aliphatic hydroxyl groups is 1. The van der Waals surface area contributed by atoms with E-state index in [4.69, 9.17) is 9.84 Å². The molecule has 1 saturated heterocycles. The lowest BCUT2D eigenvalue weighted by Gasteiger charge is -2.35. The van der Waals surface area contributed by atoms with Crippen LogP contribution in [0.1, 0.15) is 27.2 Å². The van der Waals surface area contributed by atoms with E-state index in [0.29, 0.717) is 13.0 Å². The Balaban J connectivity index is 2.48. The number of alkyl halides is 1. The Morgan fingerprint density at radius 2 is 2.12 bits per heavy atom. The number of aliphatic hydroxyl groups excluding tert-OH is 1. The first-order valence-corrected chi connectivity index (χ1v) is 5.68. The monoisotopic (exact) mass is 233 g/mol. The van der Waals surface area contributed by atoms with Crippen LogP contribution in [0, 0.1) is 0 Å². The van der Waals surface area contributed by atoms with Gasteiger partial charge in [-0.05, 0) is 27.2 Å². The van der Waals surface area contributed by atoms with Crippen molar-refractivity contribution in [1.29, 1.82) is 0 Å². The van der Waals surface area contributed by atoms with Crippen LogP contribution in [0.5, 0.6) is 0 Å². The van der Waals surface area contributed by atoms with Crippen LogP contribution >= 0.6 is 0 Å². The fourth-order valence-electron chi connectivity index (χ4n) is 1.85. The first-order valence-electron chi connectivity index (χ1n) is 5.68. The zero-order valence-corrected chi connectivity index (χ0v) is 10.0. The number of nitrogens with zero attached hydrogens (tertiary/aromatic N) is 1. The lowest BCUT2D eigenvalue weighted by molar-refractivity contribution is -0.146. The van der Waals surface area contributed by atoms with Gasteiger partial charge in [0.2, 0.25) is 0 Å². The van der Waals surface area contributed by atoms with Crippen molar-refractivity contribution in [2.24, 2.45) is 0 Å². The van der Waals surface area contributed by atoms with Crippen LogP contribution < -0.4 is 0 Å². The highest BCUT2D eigenvalue weighted by Gasteiger charge is 2.33. The van der Waals surface area contributed by atoms with Gasteiger partial charge in [0, 0.05) is 6.54 Å². The summed E-state index contributed by atoms with van der Waals surface area (Å²) < 4.78 is 19.1. The van der Waals surface area contributed by atoms with Crippen LogP contribution in [0.25, 0.3) is 0 Å². The predicted octanol–water partition coefficient (Wildman–Crippen LogP) is 0.731. The Kier molecular flexibility index (Phi) is 4.68. The summed E-state index contributed by atoms with van der Waals surface area (Å²) in [5.74, 6) is -0.411. The van der Waals surface area contributed by atoms with Crippen LogP contribution in [0.4, 0.5) is 4.39 Å². The van der Waals surface area contributed by atoms with E-state index in [2.05, 4.69) is 0 Å². The van der Waals surface area contributed by atoms with E-state index in [0.717, 1.165) is 0 Å². The van der Waals surface area contributed by atoms with Crippen molar-refractivity contribution in [3.63, 3.8) is 0 Å². The zero-order chi connectivity index (χ0) is 12.3. The summed E-state index contributed by atoms with van der Waals surface area (Å²) >= 11 is 0. The smallest absolute Gasteiger partial charge is 0.251 e. The molecular weight excluding hydrogens is 213 g/mol. The molecule has 16 heavy (non-hydrogen) atoms. The maximum Gasteiger partial charge on any atom is 0.251 e. The summed E-state index contributed by atoms with van der Waals surface area (Å²) in [6.07, 6.45) is -2.19. The quantitative estimate of drug-likeness (QED) is 0.782. The number of ether oxygens (including phenoxy) is 1. The Hall–Kier alpha value is -0.680. The van der Waals surface area contributed by atoms with Crippen molar-refractivity contribution >= 4 is 5.91 Å². The van der Waals surface area contributed by atoms with E-state index >= 15 is 0 Å². The number of halogens is 1. The first kappa shape index (κ1) is 13.4. The second kappa shape index (κ2) is 5.59.